The Morgan fingerprint density at radius 2 is 1.69 bits per heavy atom. The molecule has 2 amide bonds. The van der Waals surface area contributed by atoms with E-state index >= 15 is 0 Å². The van der Waals surface area contributed by atoms with Crippen LogP contribution in [-0.2, 0) is 16.1 Å². The Kier molecular flexibility index (Phi) is 7.50. The molecule has 1 saturated heterocycles. The number of rotatable bonds is 8. The molecule has 1 aliphatic rings. The van der Waals surface area contributed by atoms with Crippen LogP contribution in [0.25, 0.3) is 0 Å². The number of carbonyl (C=O) groups is 2. The normalized spacial score (nSPS) is 13.6. The van der Waals surface area contributed by atoms with Crippen LogP contribution in [0.15, 0.2) is 54.6 Å². The van der Waals surface area contributed by atoms with Gasteiger partial charge in [-0.25, -0.2) is 0 Å². The Morgan fingerprint density at radius 3 is 2.38 bits per heavy atom. The average molecular weight is 396 g/mol. The van der Waals surface area contributed by atoms with E-state index in [2.05, 4.69) is 34.5 Å². The molecule has 1 heterocycles. The van der Waals surface area contributed by atoms with Gasteiger partial charge in [-0.2, -0.15) is 0 Å². The second kappa shape index (κ2) is 10.5. The quantitative estimate of drug-likeness (QED) is 0.747. The van der Waals surface area contributed by atoms with Crippen molar-refractivity contribution < 1.29 is 14.3 Å². The van der Waals surface area contributed by atoms with E-state index in [1.807, 2.05) is 18.2 Å². The van der Waals surface area contributed by atoms with Crippen LogP contribution in [0.3, 0.4) is 0 Å². The highest BCUT2D eigenvalue weighted by atomic mass is 16.5. The van der Waals surface area contributed by atoms with E-state index in [1.54, 1.807) is 24.1 Å². The number of amides is 2. The van der Waals surface area contributed by atoms with Gasteiger partial charge in [-0.05, 0) is 49.1 Å². The number of likely N-dealkylation sites (N-methyl/N-ethyl adjacent to an activating group) is 1. The number of hydrogen-bond donors (Lipinski definition) is 1. The number of nitrogens with zero attached hydrogens (tertiary/aromatic N) is 2. The third kappa shape index (κ3) is 6.52. The summed E-state index contributed by atoms with van der Waals surface area (Å²) in [4.78, 5) is 28.2. The third-order valence-corrected chi connectivity index (χ3v) is 5.05. The van der Waals surface area contributed by atoms with Crippen LogP contribution in [0.2, 0.25) is 0 Å². The zero-order chi connectivity index (χ0) is 20.5. The summed E-state index contributed by atoms with van der Waals surface area (Å²) in [6, 6.07) is 17.5. The maximum Gasteiger partial charge on any atom is 0.258 e. The molecule has 1 N–H and O–H groups in total. The maximum absolute atomic E-state index is 12.3. The fourth-order valence-corrected chi connectivity index (χ4v) is 3.35. The van der Waals surface area contributed by atoms with E-state index in [0.717, 1.165) is 18.7 Å². The molecule has 0 radical (unpaired) electrons. The summed E-state index contributed by atoms with van der Waals surface area (Å²) in [7, 11) is 1.74. The van der Waals surface area contributed by atoms with E-state index < -0.39 is 0 Å². The number of anilines is 1. The highest BCUT2D eigenvalue weighted by Gasteiger charge is 2.13. The molecule has 29 heavy (non-hydrogen) atoms. The molecule has 154 valence electrons. The molecule has 6 nitrogen and oxygen atoms in total. The van der Waals surface area contributed by atoms with Crippen molar-refractivity contribution >= 4 is 17.5 Å². The number of piperidine rings is 1. The van der Waals surface area contributed by atoms with Crippen LogP contribution < -0.4 is 15.0 Å². The Hall–Kier alpha value is -3.02. The van der Waals surface area contributed by atoms with Crippen LogP contribution >= 0.6 is 0 Å². The Labute approximate surface area is 172 Å². The van der Waals surface area contributed by atoms with Crippen molar-refractivity contribution in [3.63, 3.8) is 0 Å². The first-order valence-electron chi connectivity index (χ1n) is 10.1. The van der Waals surface area contributed by atoms with Crippen LogP contribution in [0.1, 0.15) is 24.8 Å². The van der Waals surface area contributed by atoms with Crippen LogP contribution in [0.4, 0.5) is 5.69 Å². The Balaban J connectivity index is 1.39. The summed E-state index contributed by atoms with van der Waals surface area (Å²) in [5, 5.41) is 2.61. The molecular weight excluding hydrogens is 366 g/mol. The summed E-state index contributed by atoms with van der Waals surface area (Å²) in [5.41, 5.74) is 2.31. The molecule has 3 rings (SSSR count). The SMILES string of the molecule is CN(Cc1ccc(N2CCCCC2)cc1)C(=O)CNC(=O)COc1ccccc1. The Morgan fingerprint density at radius 1 is 1.00 bits per heavy atom. The maximum atomic E-state index is 12.3. The highest BCUT2D eigenvalue weighted by molar-refractivity contribution is 5.85. The van der Waals surface area contributed by atoms with Crippen molar-refractivity contribution in [3.8, 4) is 5.75 Å². The van der Waals surface area contributed by atoms with Crippen LogP contribution in [0.5, 0.6) is 5.75 Å². The minimum Gasteiger partial charge on any atom is -0.484 e. The Bertz CT molecular complexity index is 787. The van der Waals surface area contributed by atoms with E-state index in [0.29, 0.717) is 12.3 Å². The van der Waals surface area contributed by atoms with Gasteiger partial charge in [0.1, 0.15) is 5.75 Å². The van der Waals surface area contributed by atoms with Crippen molar-refractivity contribution in [2.24, 2.45) is 0 Å². The molecule has 6 heteroatoms. The first-order chi connectivity index (χ1) is 14.1. The van der Waals surface area contributed by atoms with Crippen LogP contribution in [-0.4, -0.2) is 50.0 Å². The number of hydrogen-bond acceptors (Lipinski definition) is 4. The number of carbonyl (C=O) groups excluding carboxylic acids is 2. The highest BCUT2D eigenvalue weighted by Crippen LogP contribution is 2.20. The molecule has 0 aliphatic carbocycles. The molecule has 0 bridgehead atoms. The molecule has 0 atom stereocenters. The second-order valence-corrected chi connectivity index (χ2v) is 7.34. The molecule has 0 spiro atoms. The van der Waals surface area contributed by atoms with Crippen LogP contribution in [0, 0.1) is 0 Å². The standard InChI is InChI=1S/C23H29N3O3/c1-25(17-19-10-12-20(13-11-19)26-14-6-3-7-15-26)23(28)16-24-22(27)18-29-21-8-4-2-5-9-21/h2,4-5,8-13H,3,6-7,14-18H2,1H3,(H,24,27). The van der Waals surface area contributed by atoms with Gasteiger partial charge in [0.05, 0.1) is 6.54 Å². The number of ether oxygens (including phenoxy) is 1. The lowest BCUT2D eigenvalue weighted by Gasteiger charge is -2.29. The summed E-state index contributed by atoms with van der Waals surface area (Å²) >= 11 is 0. The molecule has 1 aliphatic heterocycles. The van der Waals surface area contributed by atoms with Gasteiger partial charge in [0.15, 0.2) is 6.61 Å². The van der Waals surface area contributed by atoms with Crippen molar-refractivity contribution in [2.45, 2.75) is 25.8 Å². The van der Waals surface area contributed by atoms with Crippen molar-refractivity contribution in [1.29, 1.82) is 0 Å². The van der Waals surface area contributed by atoms with Crippen molar-refractivity contribution in [1.82, 2.24) is 10.2 Å². The van der Waals surface area contributed by atoms with Gasteiger partial charge in [0, 0.05) is 32.4 Å². The predicted octanol–water partition coefficient (Wildman–Crippen LogP) is 2.83. The fourth-order valence-electron chi connectivity index (χ4n) is 3.35. The largest absolute Gasteiger partial charge is 0.484 e. The average Bonchev–Trinajstić information content (AvgIpc) is 2.77. The summed E-state index contributed by atoms with van der Waals surface area (Å²) in [6.07, 6.45) is 3.82. The van der Waals surface area contributed by atoms with E-state index in [-0.39, 0.29) is 25.0 Å². The summed E-state index contributed by atoms with van der Waals surface area (Å²) in [5.74, 6) is 0.166. The molecule has 0 aromatic heterocycles. The monoisotopic (exact) mass is 395 g/mol. The van der Waals surface area contributed by atoms with E-state index in [9.17, 15) is 9.59 Å². The van der Waals surface area contributed by atoms with Gasteiger partial charge in [0.25, 0.3) is 5.91 Å². The molecule has 0 unspecified atom stereocenters. The zero-order valence-electron chi connectivity index (χ0n) is 17.0. The van der Waals surface area contributed by atoms with Gasteiger partial charge in [-0.15, -0.1) is 0 Å². The molecule has 2 aromatic carbocycles. The summed E-state index contributed by atoms with van der Waals surface area (Å²) < 4.78 is 5.38. The van der Waals surface area contributed by atoms with Gasteiger partial charge in [-0.1, -0.05) is 30.3 Å². The minimum absolute atomic E-state index is 0.0423. The lowest BCUT2D eigenvalue weighted by atomic mass is 10.1. The van der Waals surface area contributed by atoms with Crippen molar-refractivity contribution in [3.05, 3.63) is 60.2 Å². The molecule has 1 fully saturated rings. The number of para-hydroxylation sites is 1. The molecule has 2 aromatic rings. The zero-order valence-corrected chi connectivity index (χ0v) is 17.0. The minimum atomic E-state index is -0.318. The van der Waals surface area contributed by atoms with Gasteiger partial charge < -0.3 is 19.9 Å². The molecular formula is C23H29N3O3. The van der Waals surface area contributed by atoms with Gasteiger partial charge >= 0.3 is 0 Å². The van der Waals surface area contributed by atoms with Gasteiger partial charge in [-0.3, -0.25) is 9.59 Å². The third-order valence-electron chi connectivity index (χ3n) is 5.05. The number of nitrogens with one attached hydrogen (secondary N) is 1. The van der Waals surface area contributed by atoms with E-state index in [1.165, 1.54) is 24.9 Å². The first kappa shape index (κ1) is 20.7. The second-order valence-electron chi connectivity index (χ2n) is 7.34. The number of benzene rings is 2. The fraction of sp³-hybridized carbons (Fsp3) is 0.391. The lowest BCUT2D eigenvalue weighted by molar-refractivity contribution is -0.132. The topological polar surface area (TPSA) is 61.9 Å². The summed E-state index contributed by atoms with van der Waals surface area (Å²) in [6.45, 7) is 2.59. The smallest absolute Gasteiger partial charge is 0.258 e. The predicted molar refractivity (Wildman–Crippen MR) is 114 cm³/mol. The van der Waals surface area contributed by atoms with Gasteiger partial charge in [0.2, 0.25) is 5.91 Å². The van der Waals surface area contributed by atoms with E-state index in [4.69, 9.17) is 4.74 Å². The first-order valence-corrected chi connectivity index (χ1v) is 10.1. The molecule has 0 saturated carbocycles. The van der Waals surface area contributed by atoms with Crippen molar-refractivity contribution in [2.75, 3.05) is 38.2 Å². The lowest BCUT2D eigenvalue weighted by Crippen LogP contribution is -2.39.